The van der Waals surface area contributed by atoms with Crippen LogP contribution in [0.2, 0.25) is 0 Å². The van der Waals surface area contributed by atoms with Crippen molar-refractivity contribution >= 4 is 5.91 Å². The van der Waals surface area contributed by atoms with Gasteiger partial charge in [-0.25, -0.2) is 0 Å². The Labute approximate surface area is 126 Å². The van der Waals surface area contributed by atoms with Gasteiger partial charge in [-0.05, 0) is 49.9 Å². The fourth-order valence-electron chi connectivity index (χ4n) is 3.00. The molecule has 4 heteroatoms. The SMILES string of the molecule is COc1ccc(CN(C(=O)[C@@H]2CCCNC2)C2CC2)cc1. The standard InChI is InChI=1S/C17H24N2O2/c1-21-16-8-4-13(5-9-16)12-19(15-6-7-15)17(20)14-3-2-10-18-11-14/h4-5,8-9,14-15,18H,2-3,6-7,10-12H2,1H3/t14-/m1/s1. The summed E-state index contributed by atoms with van der Waals surface area (Å²) < 4.78 is 5.19. The van der Waals surface area contributed by atoms with Gasteiger partial charge < -0.3 is 15.0 Å². The summed E-state index contributed by atoms with van der Waals surface area (Å²) in [7, 11) is 1.67. The summed E-state index contributed by atoms with van der Waals surface area (Å²) >= 11 is 0. The monoisotopic (exact) mass is 288 g/mol. The molecule has 0 spiro atoms. The average molecular weight is 288 g/mol. The van der Waals surface area contributed by atoms with E-state index in [1.807, 2.05) is 12.1 Å². The van der Waals surface area contributed by atoms with E-state index >= 15 is 0 Å². The number of hydrogen-bond acceptors (Lipinski definition) is 3. The molecule has 1 N–H and O–H groups in total. The van der Waals surface area contributed by atoms with Crippen molar-refractivity contribution in [2.75, 3.05) is 20.2 Å². The zero-order valence-corrected chi connectivity index (χ0v) is 12.7. The Balaban J connectivity index is 1.67. The zero-order chi connectivity index (χ0) is 14.7. The maximum Gasteiger partial charge on any atom is 0.227 e. The molecular formula is C17H24N2O2. The summed E-state index contributed by atoms with van der Waals surface area (Å²) in [4.78, 5) is 14.9. The van der Waals surface area contributed by atoms with E-state index in [9.17, 15) is 4.79 Å². The summed E-state index contributed by atoms with van der Waals surface area (Å²) in [5.41, 5.74) is 1.18. The molecule has 1 aromatic carbocycles. The van der Waals surface area contributed by atoms with Gasteiger partial charge in [0.05, 0.1) is 13.0 Å². The number of hydrogen-bond donors (Lipinski definition) is 1. The molecule has 0 aromatic heterocycles. The number of ether oxygens (including phenoxy) is 1. The highest BCUT2D eigenvalue weighted by Crippen LogP contribution is 2.31. The minimum Gasteiger partial charge on any atom is -0.497 e. The maximum atomic E-state index is 12.8. The highest BCUT2D eigenvalue weighted by atomic mass is 16.5. The molecular weight excluding hydrogens is 264 g/mol. The number of benzene rings is 1. The molecule has 1 amide bonds. The second kappa shape index (κ2) is 6.48. The molecule has 0 unspecified atom stereocenters. The predicted octanol–water partition coefficient (Wildman–Crippen LogP) is 2.19. The van der Waals surface area contributed by atoms with Crippen molar-refractivity contribution in [1.82, 2.24) is 10.2 Å². The third-order valence-electron chi connectivity index (χ3n) is 4.43. The molecule has 2 aliphatic rings. The summed E-state index contributed by atoms with van der Waals surface area (Å²) in [6.07, 6.45) is 4.44. The quantitative estimate of drug-likeness (QED) is 0.903. The normalized spacial score (nSPS) is 21.9. The molecule has 3 rings (SSSR count). The van der Waals surface area contributed by atoms with Gasteiger partial charge in [-0.2, -0.15) is 0 Å². The molecule has 1 atom stereocenters. The first kappa shape index (κ1) is 14.4. The van der Waals surface area contributed by atoms with Crippen LogP contribution in [0.4, 0.5) is 0 Å². The number of carbonyl (C=O) groups excluding carboxylic acids is 1. The lowest BCUT2D eigenvalue weighted by atomic mass is 9.97. The van der Waals surface area contributed by atoms with E-state index < -0.39 is 0 Å². The molecule has 1 aromatic rings. The smallest absolute Gasteiger partial charge is 0.227 e. The van der Waals surface area contributed by atoms with Crippen LogP contribution in [0.5, 0.6) is 5.75 Å². The molecule has 21 heavy (non-hydrogen) atoms. The number of piperidine rings is 1. The molecule has 1 aliphatic heterocycles. The Hall–Kier alpha value is -1.55. The molecule has 1 aliphatic carbocycles. The third-order valence-corrected chi connectivity index (χ3v) is 4.43. The van der Waals surface area contributed by atoms with E-state index in [2.05, 4.69) is 22.3 Å². The summed E-state index contributed by atoms with van der Waals surface area (Å²) in [6, 6.07) is 8.50. The van der Waals surface area contributed by atoms with Crippen molar-refractivity contribution in [3.05, 3.63) is 29.8 Å². The van der Waals surface area contributed by atoms with E-state index in [0.29, 0.717) is 11.9 Å². The van der Waals surface area contributed by atoms with Crippen molar-refractivity contribution in [1.29, 1.82) is 0 Å². The number of amides is 1. The van der Waals surface area contributed by atoms with Gasteiger partial charge in [0.15, 0.2) is 0 Å². The van der Waals surface area contributed by atoms with Gasteiger partial charge in [0, 0.05) is 19.1 Å². The maximum absolute atomic E-state index is 12.8. The van der Waals surface area contributed by atoms with Crippen molar-refractivity contribution in [3.63, 3.8) is 0 Å². The Morgan fingerprint density at radius 3 is 2.62 bits per heavy atom. The summed E-state index contributed by atoms with van der Waals surface area (Å²) in [6.45, 7) is 2.61. The first-order chi connectivity index (χ1) is 10.3. The molecule has 2 fully saturated rings. The van der Waals surface area contributed by atoms with Crippen molar-refractivity contribution in [3.8, 4) is 5.75 Å². The average Bonchev–Trinajstić information content (AvgIpc) is 3.38. The zero-order valence-electron chi connectivity index (χ0n) is 12.7. The number of nitrogens with one attached hydrogen (secondary N) is 1. The minimum atomic E-state index is 0.164. The topological polar surface area (TPSA) is 41.6 Å². The van der Waals surface area contributed by atoms with Crippen LogP contribution in [-0.4, -0.2) is 37.0 Å². The Morgan fingerprint density at radius 2 is 2.05 bits per heavy atom. The number of nitrogens with zero attached hydrogens (tertiary/aromatic N) is 1. The van der Waals surface area contributed by atoms with Crippen molar-refractivity contribution < 1.29 is 9.53 Å². The molecule has 1 heterocycles. The highest BCUT2D eigenvalue weighted by Gasteiger charge is 2.36. The summed E-state index contributed by atoms with van der Waals surface area (Å²) in [5.74, 6) is 1.36. The van der Waals surface area contributed by atoms with Crippen LogP contribution in [0.15, 0.2) is 24.3 Å². The Kier molecular flexibility index (Phi) is 4.44. The van der Waals surface area contributed by atoms with Gasteiger partial charge in [0.2, 0.25) is 5.91 Å². The van der Waals surface area contributed by atoms with Crippen LogP contribution in [0.3, 0.4) is 0 Å². The van der Waals surface area contributed by atoms with E-state index in [4.69, 9.17) is 4.74 Å². The minimum absolute atomic E-state index is 0.164. The van der Waals surface area contributed by atoms with E-state index in [1.165, 1.54) is 5.56 Å². The first-order valence-corrected chi connectivity index (χ1v) is 7.92. The number of carbonyl (C=O) groups is 1. The van der Waals surface area contributed by atoms with Gasteiger partial charge in [-0.15, -0.1) is 0 Å². The number of methoxy groups -OCH3 is 1. The predicted molar refractivity (Wildman–Crippen MR) is 82.2 cm³/mol. The molecule has 1 saturated carbocycles. The fraction of sp³-hybridized carbons (Fsp3) is 0.588. The molecule has 0 radical (unpaired) electrons. The van der Waals surface area contributed by atoms with Crippen LogP contribution in [-0.2, 0) is 11.3 Å². The van der Waals surface area contributed by atoms with E-state index in [-0.39, 0.29) is 5.92 Å². The van der Waals surface area contributed by atoms with Gasteiger partial charge in [-0.3, -0.25) is 4.79 Å². The largest absolute Gasteiger partial charge is 0.497 e. The number of rotatable bonds is 5. The van der Waals surface area contributed by atoms with Gasteiger partial charge >= 0.3 is 0 Å². The fourth-order valence-corrected chi connectivity index (χ4v) is 3.00. The van der Waals surface area contributed by atoms with Crippen LogP contribution in [0, 0.1) is 5.92 Å². The van der Waals surface area contributed by atoms with E-state index in [0.717, 1.165) is 51.1 Å². The van der Waals surface area contributed by atoms with Crippen LogP contribution in [0.1, 0.15) is 31.2 Å². The lowest BCUT2D eigenvalue weighted by Crippen LogP contribution is -2.43. The van der Waals surface area contributed by atoms with Crippen molar-refractivity contribution in [2.45, 2.75) is 38.3 Å². The highest BCUT2D eigenvalue weighted by molar-refractivity contribution is 5.79. The Morgan fingerprint density at radius 1 is 1.29 bits per heavy atom. The lowest BCUT2D eigenvalue weighted by molar-refractivity contribution is -0.137. The molecule has 0 bridgehead atoms. The second-order valence-electron chi connectivity index (χ2n) is 6.09. The van der Waals surface area contributed by atoms with Gasteiger partial charge in [0.1, 0.15) is 5.75 Å². The van der Waals surface area contributed by atoms with Gasteiger partial charge in [-0.1, -0.05) is 12.1 Å². The van der Waals surface area contributed by atoms with Crippen LogP contribution in [0.25, 0.3) is 0 Å². The van der Waals surface area contributed by atoms with Crippen LogP contribution >= 0.6 is 0 Å². The van der Waals surface area contributed by atoms with Crippen LogP contribution < -0.4 is 10.1 Å². The van der Waals surface area contributed by atoms with Gasteiger partial charge in [0.25, 0.3) is 0 Å². The van der Waals surface area contributed by atoms with E-state index in [1.54, 1.807) is 7.11 Å². The third kappa shape index (κ3) is 3.56. The molecule has 4 nitrogen and oxygen atoms in total. The molecule has 1 saturated heterocycles. The second-order valence-corrected chi connectivity index (χ2v) is 6.09. The molecule has 114 valence electrons. The first-order valence-electron chi connectivity index (χ1n) is 7.92. The van der Waals surface area contributed by atoms with Crippen molar-refractivity contribution in [2.24, 2.45) is 5.92 Å². The lowest BCUT2D eigenvalue weighted by Gasteiger charge is -2.30. The summed E-state index contributed by atoms with van der Waals surface area (Å²) in [5, 5.41) is 3.34. The Bertz CT molecular complexity index is 476.